The number of hydrogen-bond donors (Lipinski definition) is 2. The van der Waals surface area contributed by atoms with E-state index in [1.54, 1.807) is 20.8 Å². The Labute approximate surface area is 90.1 Å². The Kier molecular flexibility index (Phi) is 5.96. The van der Waals surface area contributed by atoms with E-state index in [9.17, 15) is 9.90 Å². The van der Waals surface area contributed by atoms with Gasteiger partial charge < -0.3 is 19.9 Å². The summed E-state index contributed by atoms with van der Waals surface area (Å²) in [6, 6.07) is 0. The summed E-state index contributed by atoms with van der Waals surface area (Å²) in [4.78, 5) is 11.1. The summed E-state index contributed by atoms with van der Waals surface area (Å²) in [5.41, 5.74) is -0.545. The van der Waals surface area contributed by atoms with Gasteiger partial charge in [-0.2, -0.15) is 0 Å². The molecule has 0 saturated carbocycles. The lowest BCUT2D eigenvalue weighted by atomic mass is 10.2. The molecule has 0 aromatic heterocycles. The largest absolute Gasteiger partial charge is 0.444 e. The molecule has 0 radical (unpaired) electrons. The molecule has 0 heterocycles. The van der Waals surface area contributed by atoms with E-state index in [1.807, 2.05) is 0 Å². The molecule has 0 aliphatic heterocycles. The predicted molar refractivity (Wildman–Crippen MR) is 56.4 cm³/mol. The number of aliphatic hydroxyl groups excluding tert-OH is 1. The van der Waals surface area contributed by atoms with Crippen molar-refractivity contribution in [2.24, 2.45) is 0 Å². The summed E-state index contributed by atoms with van der Waals surface area (Å²) in [7, 11) is 0. The molecule has 0 spiro atoms. The molecule has 0 aliphatic carbocycles. The van der Waals surface area contributed by atoms with E-state index < -0.39 is 18.0 Å². The van der Waals surface area contributed by atoms with Gasteiger partial charge in [-0.15, -0.1) is 6.58 Å². The molecule has 0 bridgehead atoms. The number of carbonyl (C=O) groups excluding carboxylic acids is 1. The van der Waals surface area contributed by atoms with Crippen LogP contribution in [0, 0.1) is 0 Å². The Morgan fingerprint density at radius 3 is 2.67 bits per heavy atom. The first kappa shape index (κ1) is 13.9. The van der Waals surface area contributed by atoms with Crippen LogP contribution in [0.4, 0.5) is 4.79 Å². The topological polar surface area (TPSA) is 67.8 Å². The Morgan fingerprint density at radius 1 is 1.60 bits per heavy atom. The van der Waals surface area contributed by atoms with E-state index in [0.29, 0.717) is 0 Å². The molecule has 1 unspecified atom stereocenters. The standard InChI is InChI=1S/C10H19NO4/c1-5-6-14-8(12)7-11-9(13)15-10(2,3)4/h5,8,12H,1,6-7H2,2-4H3,(H,11,13). The van der Waals surface area contributed by atoms with E-state index in [2.05, 4.69) is 11.9 Å². The van der Waals surface area contributed by atoms with Crippen molar-refractivity contribution in [2.45, 2.75) is 32.7 Å². The summed E-state index contributed by atoms with van der Waals surface area (Å²) in [5, 5.41) is 11.6. The average molecular weight is 217 g/mol. The first-order valence-corrected chi connectivity index (χ1v) is 4.72. The van der Waals surface area contributed by atoms with Gasteiger partial charge in [0.05, 0.1) is 13.2 Å². The maximum Gasteiger partial charge on any atom is 0.407 e. The van der Waals surface area contributed by atoms with Gasteiger partial charge in [0.15, 0.2) is 6.29 Å². The number of amides is 1. The van der Waals surface area contributed by atoms with Crippen molar-refractivity contribution < 1.29 is 19.4 Å². The second-order valence-electron chi connectivity index (χ2n) is 3.96. The summed E-state index contributed by atoms with van der Waals surface area (Å²) >= 11 is 0. The van der Waals surface area contributed by atoms with Gasteiger partial charge in [0, 0.05) is 0 Å². The first-order valence-electron chi connectivity index (χ1n) is 4.72. The van der Waals surface area contributed by atoms with E-state index in [4.69, 9.17) is 9.47 Å². The average Bonchev–Trinajstić information content (AvgIpc) is 2.08. The molecule has 2 N–H and O–H groups in total. The zero-order valence-electron chi connectivity index (χ0n) is 9.45. The van der Waals surface area contributed by atoms with Gasteiger partial charge in [-0.05, 0) is 20.8 Å². The van der Waals surface area contributed by atoms with Crippen LogP contribution in [0.1, 0.15) is 20.8 Å². The van der Waals surface area contributed by atoms with Gasteiger partial charge in [-0.3, -0.25) is 0 Å². The van der Waals surface area contributed by atoms with Gasteiger partial charge in [0.2, 0.25) is 0 Å². The van der Waals surface area contributed by atoms with Gasteiger partial charge in [-0.25, -0.2) is 4.79 Å². The fourth-order valence-corrected chi connectivity index (χ4v) is 0.723. The molecule has 0 rings (SSSR count). The van der Waals surface area contributed by atoms with Crippen LogP contribution in [0.2, 0.25) is 0 Å². The minimum Gasteiger partial charge on any atom is -0.444 e. The molecule has 1 atom stereocenters. The number of carbonyl (C=O) groups is 1. The second kappa shape index (κ2) is 6.42. The molecule has 5 heteroatoms. The van der Waals surface area contributed by atoms with Crippen LogP contribution in [0.3, 0.4) is 0 Å². The Bertz CT molecular complexity index is 210. The zero-order chi connectivity index (χ0) is 11.9. The van der Waals surface area contributed by atoms with Crippen LogP contribution in [-0.4, -0.2) is 36.2 Å². The highest BCUT2D eigenvalue weighted by atomic mass is 16.6. The maximum absolute atomic E-state index is 11.1. The smallest absolute Gasteiger partial charge is 0.407 e. The maximum atomic E-state index is 11.1. The highest BCUT2D eigenvalue weighted by Gasteiger charge is 2.16. The van der Waals surface area contributed by atoms with Crippen molar-refractivity contribution in [2.75, 3.05) is 13.2 Å². The lowest BCUT2D eigenvalue weighted by molar-refractivity contribution is -0.0858. The van der Waals surface area contributed by atoms with Crippen LogP contribution in [0.15, 0.2) is 12.7 Å². The Morgan fingerprint density at radius 2 is 2.20 bits per heavy atom. The van der Waals surface area contributed by atoms with Crippen molar-refractivity contribution in [3.63, 3.8) is 0 Å². The Hall–Kier alpha value is -1.07. The minimum absolute atomic E-state index is 0.0112. The molecule has 0 aromatic carbocycles. The molecule has 0 aromatic rings. The number of alkyl carbamates (subject to hydrolysis) is 1. The highest BCUT2D eigenvalue weighted by molar-refractivity contribution is 5.67. The molecule has 88 valence electrons. The van der Waals surface area contributed by atoms with Crippen LogP contribution < -0.4 is 5.32 Å². The third kappa shape index (κ3) is 9.24. The van der Waals surface area contributed by atoms with Crippen LogP contribution in [0.5, 0.6) is 0 Å². The van der Waals surface area contributed by atoms with Crippen LogP contribution in [0.25, 0.3) is 0 Å². The number of aliphatic hydroxyl groups is 1. The van der Waals surface area contributed by atoms with Crippen molar-refractivity contribution in [1.82, 2.24) is 5.32 Å². The van der Waals surface area contributed by atoms with Gasteiger partial charge in [0.1, 0.15) is 5.60 Å². The fraction of sp³-hybridized carbons (Fsp3) is 0.700. The van der Waals surface area contributed by atoms with E-state index >= 15 is 0 Å². The third-order valence-electron chi connectivity index (χ3n) is 1.23. The van der Waals surface area contributed by atoms with Crippen LogP contribution in [-0.2, 0) is 9.47 Å². The van der Waals surface area contributed by atoms with Crippen molar-refractivity contribution in [1.29, 1.82) is 0 Å². The second-order valence-corrected chi connectivity index (χ2v) is 3.96. The number of nitrogens with one attached hydrogen (secondary N) is 1. The Balaban J connectivity index is 3.66. The highest BCUT2D eigenvalue weighted by Crippen LogP contribution is 2.06. The van der Waals surface area contributed by atoms with E-state index in [0.717, 1.165) is 0 Å². The molecular weight excluding hydrogens is 198 g/mol. The summed E-state index contributed by atoms with van der Waals surface area (Å²) in [6.45, 7) is 8.93. The SMILES string of the molecule is C=CCOC(O)CNC(=O)OC(C)(C)C. The van der Waals surface area contributed by atoms with Gasteiger partial charge in [-0.1, -0.05) is 6.08 Å². The van der Waals surface area contributed by atoms with Crippen molar-refractivity contribution in [3.05, 3.63) is 12.7 Å². The lowest BCUT2D eigenvalue weighted by Crippen LogP contribution is -2.37. The number of ether oxygens (including phenoxy) is 2. The van der Waals surface area contributed by atoms with E-state index in [-0.39, 0.29) is 13.2 Å². The minimum atomic E-state index is -1.05. The molecular formula is C10H19NO4. The summed E-state index contributed by atoms with van der Waals surface area (Å²) in [5.74, 6) is 0. The predicted octanol–water partition coefficient (Wildman–Crippen LogP) is 1.03. The normalized spacial score (nSPS) is 13.1. The van der Waals surface area contributed by atoms with Gasteiger partial charge in [0.25, 0.3) is 0 Å². The molecule has 0 saturated heterocycles. The van der Waals surface area contributed by atoms with Crippen molar-refractivity contribution in [3.8, 4) is 0 Å². The fourth-order valence-electron chi connectivity index (χ4n) is 0.723. The number of rotatable bonds is 5. The molecule has 0 fully saturated rings. The lowest BCUT2D eigenvalue weighted by Gasteiger charge is -2.20. The van der Waals surface area contributed by atoms with E-state index in [1.165, 1.54) is 6.08 Å². The molecule has 1 amide bonds. The summed E-state index contributed by atoms with van der Waals surface area (Å²) in [6.07, 6.45) is -0.115. The molecule has 0 aliphatic rings. The van der Waals surface area contributed by atoms with Gasteiger partial charge >= 0.3 is 6.09 Å². The zero-order valence-corrected chi connectivity index (χ0v) is 9.45. The molecule has 5 nitrogen and oxygen atoms in total. The van der Waals surface area contributed by atoms with Crippen LogP contribution >= 0.6 is 0 Å². The van der Waals surface area contributed by atoms with Crippen molar-refractivity contribution >= 4 is 6.09 Å². The summed E-state index contributed by atoms with van der Waals surface area (Å²) < 4.78 is 9.79. The first-order chi connectivity index (χ1) is 6.85. The quantitative estimate of drug-likeness (QED) is 0.533. The molecule has 15 heavy (non-hydrogen) atoms. The third-order valence-corrected chi connectivity index (χ3v) is 1.23. The number of hydrogen-bond acceptors (Lipinski definition) is 4. The monoisotopic (exact) mass is 217 g/mol.